The van der Waals surface area contributed by atoms with Crippen molar-refractivity contribution in [2.45, 2.75) is 52.5 Å². The summed E-state index contributed by atoms with van der Waals surface area (Å²) in [5.74, 6) is -0.452. The minimum Gasteiger partial charge on any atom is -0.349 e. The Morgan fingerprint density at radius 2 is 1.65 bits per heavy atom. The first kappa shape index (κ1) is 18.1. The number of nitrogens with one attached hydrogen (secondary N) is 2. The fourth-order valence-electron chi connectivity index (χ4n) is 3.59. The Labute approximate surface area is 154 Å². The van der Waals surface area contributed by atoms with Gasteiger partial charge < -0.3 is 10.6 Å². The van der Waals surface area contributed by atoms with Crippen molar-refractivity contribution in [3.63, 3.8) is 0 Å². The van der Waals surface area contributed by atoms with Crippen molar-refractivity contribution < 1.29 is 9.59 Å². The third-order valence-electron chi connectivity index (χ3n) is 4.86. The Balaban J connectivity index is 1.75. The van der Waals surface area contributed by atoms with Gasteiger partial charge in [-0.05, 0) is 56.9 Å². The zero-order valence-electron chi connectivity index (χ0n) is 15.6. The minimum atomic E-state index is -0.310. The van der Waals surface area contributed by atoms with Gasteiger partial charge in [0, 0.05) is 23.5 Å². The van der Waals surface area contributed by atoms with Crippen LogP contribution in [0.1, 0.15) is 63.2 Å². The lowest BCUT2D eigenvalue weighted by molar-refractivity contribution is 0.0937. The quantitative estimate of drug-likeness (QED) is 0.877. The predicted molar refractivity (Wildman–Crippen MR) is 103 cm³/mol. The van der Waals surface area contributed by atoms with Crippen molar-refractivity contribution in [3.8, 4) is 0 Å². The molecule has 0 bridgehead atoms. The zero-order valence-corrected chi connectivity index (χ0v) is 15.6. The maximum atomic E-state index is 12.6. The van der Waals surface area contributed by atoms with Crippen LogP contribution in [0.15, 0.2) is 30.5 Å². The van der Waals surface area contributed by atoms with E-state index < -0.39 is 0 Å². The summed E-state index contributed by atoms with van der Waals surface area (Å²) in [5.41, 5.74) is 4.67. The molecular formula is C21H25N3O2. The molecule has 1 heterocycles. The number of amides is 2. The molecule has 3 rings (SSSR count). The standard InChI is InChI=1S/C21H25N3O2/c1-13-10-14(2)19(15(3)11-13)24-21(26)18-12-16(8-9-22-18)20(25)23-17-6-4-5-7-17/h8-12,17H,4-7H2,1-3H3,(H,23,25)(H,24,26). The highest BCUT2D eigenvalue weighted by Crippen LogP contribution is 2.22. The summed E-state index contributed by atoms with van der Waals surface area (Å²) in [7, 11) is 0. The molecule has 0 atom stereocenters. The lowest BCUT2D eigenvalue weighted by Crippen LogP contribution is -2.32. The van der Waals surface area contributed by atoms with Crippen LogP contribution in [0.25, 0.3) is 0 Å². The second-order valence-electron chi connectivity index (χ2n) is 7.11. The predicted octanol–water partition coefficient (Wildman–Crippen LogP) is 3.93. The van der Waals surface area contributed by atoms with E-state index in [1.165, 1.54) is 6.20 Å². The summed E-state index contributed by atoms with van der Waals surface area (Å²) in [6, 6.07) is 7.50. The van der Waals surface area contributed by atoms with Crippen molar-refractivity contribution in [1.82, 2.24) is 10.3 Å². The van der Waals surface area contributed by atoms with Crippen LogP contribution in [0.5, 0.6) is 0 Å². The molecule has 0 spiro atoms. The monoisotopic (exact) mass is 351 g/mol. The van der Waals surface area contributed by atoms with Crippen molar-refractivity contribution in [2.75, 3.05) is 5.32 Å². The van der Waals surface area contributed by atoms with E-state index in [1.54, 1.807) is 12.1 Å². The Morgan fingerprint density at radius 1 is 1.00 bits per heavy atom. The van der Waals surface area contributed by atoms with Gasteiger partial charge in [0.2, 0.25) is 0 Å². The Morgan fingerprint density at radius 3 is 2.31 bits per heavy atom. The van der Waals surface area contributed by atoms with Gasteiger partial charge in [0.05, 0.1) is 0 Å². The number of carbonyl (C=O) groups excluding carboxylic acids is 2. The Hall–Kier alpha value is -2.69. The molecule has 0 aliphatic heterocycles. The summed E-state index contributed by atoms with van der Waals surface area (Å²) in [4.78, 5) is 29.2. The fraction of sp³-hybridized carbons (Fsp3) is 0.381. The number of pyridine rings is 1. The number of benzene rings is 1. The van der Waals surface area contributed by atoms with Gasteiger partial charge in [0.25, 0.3) is 11.8 Å². The van der Waals surface area contributed by atoms with Crippen molar-refractivity contribution in [1.29, 1.82) is 0 Å². The van der Waals surface area contributed by atoms with Gasteiger partial charge in [0.15, 0.2) is 0 Å². The summed E-state index contributed by atoms with van der Waals surface area (Å²) in [6.45, 7) is 5.96. The molecule has 136 valence electrons. The van der Waals surface area contributed by atoms with E-state index in [4.69, 9.17) is 0 Å². The number of carbonyl (C=O) groups is 2. The summed E-state index contributed by atoms with van der Waals surface area (Å²) < 4.78 is 0. The molecule has 1 fully saturated rings. The molecule has 5 heteroatoms. The van der Waals surface area contributed by atoms with Crippen LogP contribution in [-0.4, -0.2) is 22.8 Å². The first-order valence-electron chi connectivity index (χ1n) is 9.10. The number of aromatic nitrogens is 1. The number of anilines is 1. The van der Waals surface area contributed by atoms with Crippen molar-refractivity contribution in [2.24, 2.45) is 0 Å². The van der Waals surface area contributed by atoms with Crippen LogP contribution >= 0.6 is 0 Å². The van der Waals surface area contributed by atoms with Gasteiger partial charge in [-0.1, -0.05) is 30.5 Å². The number of aryl methyl sites for hydroxylation is 3. The average molecular weight is 351 g/mol. The third kappa shape index (κ3) is 4.10. The molecule has 2 aromatic rings. The lowest BCUT2D eigenvalue weighted by Gasteiger charge is -2.14. The van der Waals surface area contributed by atoms with Crippen LogP contribution in [0.3, 0.4) is 0 Å². The second-order valence-corrected chi connectivity index (χ2v) is 7.11. The van der Waals surface area contributed by atoms with Crippen molar-refractivity contribution >= 4 is 17.5 Å². The molecule has 1 aromatic carbocycles. The van der Waals surface area contributed by atoms with E-state index in [0.717, 1.165) is 48.1 Å². The number of hydrogen-bond donors (Lipinski definition) is 2. The smallest absolute Gasteiger partial charge is 0.274 e. The maximum Gasteiger partial charge on any atom is 0.274 e. The first-order valence-corrected chi connectivity index (χ1v) is 9.10. The van der Waals surface area contributed by atoms with Crippen LogP contribution < -0.4 is 10.6 Å². The number of nitrogens with zero attached hydrogens (tertiary/aromatic N) is 1. The van der Waals surface area contributed by atoms with E-state index in [1.807, 2.05) is 32.9 Å². The molecule has 2 N–H and O–H groups in total. The highest BCUT2D eigenvalue weighted by atomic mass is 16.2. The van der Waals surface area contributed by atoms with Gasteiger partial charge in [-0.15, -0.1) is 0 Å². The van der Waals surface area contributed by atoms with Crippen LogP contribution in [0.2, 0.25) is 0 Å². The van der Waals surface area contributed by atoms with Crippen LogP contribution in [-0.2, 0) is 0 Å². The van der Waals surface area contributed by atoms with E-state index in [2.05, 4.69) is 15.6 Å². The summed E-state index contributed by atoms with van der Waals surface area (Å²) in [5, 5.41) is 5.97. The molecule has 1 saturated carbocycles. The van der Waals surface area contributed by atoms with Gasteiger partial charge >= 0.3 is 0 Å². The van der Waals surface area contributed by atoms with Gasteiger partial charge in [-0.25, -0.2) is 0 Å². The van der Waals surface area contributed by atoms with E-state index in [9.17, 15) is 9.59 Å². The van der Waals surface area contributed by atoms with Gasteiger partial charge in [-0.2, -0.15) is 0 Å². The van der Waals surface area contributed by atoms with E-state index in [0.29, 0.717) is 5.56 Å². The molecule has 2 amide bonds. The lowest BCUT2D eigenvalue weighted by atomic mass is 10.0. The van der Waals surface area contributed by atoms with E-state index in [-0.39, 0.29) is 23.6 Å². The Bertz CT molecular complexity index is 816. The number of rotatable bonds is 4. The van der Waals surface area contributed by atoms with Gasteiger partial charge in [-0.3, -0.25) is 14.6 Å². The average Bonchev–Trinajstić information content (AvgIpc) is 3.11. The summed E-state index contributed by atoms with van der Waals surface area (Å²) in [6.07, 6.45) is 5.87. The molecule has 0 radical (unpaired) electrons. The van der Waals surface area contributed by atoms with Crippen molar-refractivity contribution in [3.05, 3.63) is 58.4 Å². The van der Waals surface area contributed by atoms with Crippen LogP contribution in [0, 0.1) is 20.8 Å². The van der Waals surface area contributed by atoms with Crippen LogP contribution in [0.4, 0.5) is 5.69 Å². The Kier molecular flexibility index (Phi) is 5.35. The minimum absolute atomic E-state index is 0.143. The topological polar surface area (TPSA) is 71.1 Å². The molecule has 26 heavy (non-hydrogen) atoms. The number of hydrogen-bond acceptors (Lipinski definition) is 3. The molecule has 1 aromatic heterocycles. The van der Waals surface area contributed by atoms with E-state index >= 15 is 0 Å². The molecule has 1 aliphatic carbocycles. The molecule has 0 unspecified atom stereocenters. The first-order chi connectivity index (χ1) is 12.4. The SMILES string of the molecule is Cc1cc(C)c(NC(=O)c2cc(C(=O)NC3CCCC3)ccn2)c(C)c1. The third-order valence-corrected chi connectivity index (χ3v) is 4.86. The summed E-state index contributed by atoms with van der Waals surface area (Å²) >= 11 is 0. The highest BCUT2D eigenvalue weighted by Gasteiger charge is 2.19. The molecular weight excluding hydrogens is 326 g/mol. The normalized spacial score (nSPS) is 14.3. The molecule has 0 saturated heterocycles. The molecule has 5 nitrogen and oxygen atoms in total. The fourth-order valence-corrected chi connectivity index (χ4v) is 3.59. The van der Waals surface area contributed by atoms with Gasteiger partial charge in [0.1, 0.15) is 5.69 Å². The molecule has 1 aliphatic rings. The largest absolute Gasteiger partial charge is 0.349 e. The zero-order chi connectivity index (χ0) is 18.7. The maximum absolute atomic E-state index is 12.6. The second kappa shape index (κ2) is 7.68. The highest BCUT2D eigenvalue weighted by molar-refractivity contribution is 6.05.